The molecule has 0 bridgehead atoms. The number of nitrogens with zero attached hydrogens (tertiary/aromatic N) is 1. The summed E-state index contributed by atoms with van der Waals surface area (Å²) >= 11 is 0. The summed E-state index contributed by atoms with van der Waals surface area (Å²) in [5.41, 5.74) is 4.61. The van der Waals surface area contributed by atoms with Crippen molar-refractivity contribution in [3.63, 3.8) is 0 Å². The van der Waals surface area contributed by atoms with Crippen LogP contribution in [0.25, 0.3) is 0 Å². The van der Waals surface area contributed by atoms with Gasteiger partial charge >= 0.3 is 0 Å². The van der Waals surface area contributed by atoms with Crippen LogP contribution in [0.4, 0.5) is 0 Å². The molecule has 1 aliphatic rings. The van der Waals surface area contributed by atoms with E-state index >= 15 is 0 Å². The summed E-state index contributed by atoms with van der Waals surface area (Å²) in [6.45, 7) is 5.12. The summed E-state index contributed by atoms with van der Waals surface area (Å²) in [7, 11) is 0. The van der Waals surface area contributed by atoms with Crippen LogP contribution in [0.1, 0.15) is 20.3 Å². The number of carbonyl (C=O) groups excluding carboxylic acids is 2. The van der Waals surface area contributed by atoms with Gasteiger partial charge in [-0.1, -0.05) is 0 Å². The molecule has 0 aromatic rings. The average Bonchev–Trinajstić information content (AvgIpc) is 1.96. The number of carbonyl (C=O) groups is 2. The van der Waals surface area contributed by atoms with E-state index in [-0.39, 0.29) is 17.9 Å². The van der Waals surface area contributed by atoms with Crippen molar-refractivity contribution in [2.45, 2.75) is 26.3 Å². The molecule has 1 saturated heterocycles. The molecule has 0 saturated carbocycles. The molecule has 5 nitrogen and oxygen atoms in total. The Morgan fingerprint density at radius 3 is 2.31 bits per heavy atom. The predicted octanol–water partition coefficient (Wildman–Crippen LogP) is -0.752. The van der Waals surface area contributed by atoms with Crippen LogP contribution >= 0.6 is 0 Å². The van der Waals surface area contributed by atoms with Gasteiger partial charge < -0.3 is 0 Å². The van der Waals surface area contributed by atoms with Crippen LogP contribution in [0.2, 0.25) is 0 Å². The number of hydrazine groups is 1. The molecule has 0 aromatic heterocycles. The summed E-state index contributed by atoms with van der Waals surface area (Å²) in [6, 6.07) is -0.152. The van der Waals surface area contributed by atoms with Gasteiger partial charge in [0, 0.05) is 20.0 Å². The van der Waals surface area contributed by atoms with E-state index in [1.807, 2.05) is 6.92 Å². The fourth-order valence-electron chi connectivity index (χ4n) is 1.15. The van der Waals surface area contributed by atoms with E-state index in [9.17, 15) is 9.59 Å². The van der Waals surface area contributed by atoms with Crippen molar-refractivity contribution >= 4 is 11.8 Å². The monoisotopic (exact) mass is 185 g/mol. The fraction of sp³-hybridized carbons (Fsp3) is 0.750. The first-order chi connectivity index (χ1) is 6.11. The summed E-state index contributed by atoms with van der Waals surface area (Å²) in [5.74, 6) is -0.418. The third-order valence-corrected chi connectivity index (χ3v) is 2.18. The molecule has 0 radical (unpaired) electrons. The van der Waals surface area contributed by atoms with E-state index in [1.54, 1.807) is 0 Å². The highest BCUT2D eigenvalue weighted by Gasteiger charge is 2.25. The summed E-state index contributed by atoms with van der Waals surface area (Å²) in [5, 5.41) is 0. The molecule has 13 heavy (non-hydrogen) atoms. The molecule has 2 amide bonds. The van der Waals surface area contributed by atoms with Gasteiger partial charge in [0.15, 0.2) is 0 Å². The van der Waals surface area contributed by atoms with Crippen molar-refractivity contribution in [2.24, 2.45) is 0 Å². The molecule has 1 unspecified atom stereocenters. The molecule has 1 atom stereocenters. The zero-order valence-electron chi connectivity index (χ0n) is 7.96. The van der Waals surface area contributed by atoms with Crippen molar-refractivity contribution in [1.82, 2.24) is 15.8 Å². The van der Waals surface area contributed by atoms with Crippen molar-refractivity contribution in [1.29, 1.82) is 0 Å². The third-order valence-electron chi connectivity index (χ3n) is 2.18. The fourth-order valence-corrected chi connectivity index (χ4v) is 1.15. The minimum atomic E-state index is -0.260. The van der Waals surface area contributed by atoms with Gasteiger partial charge in [-0.15, -0.1) is 0 Å². The van der Waals surface area contributed by atoms with Gasteiger partial charge in [0.25, 0.3) is 5.91 Å². The number of rotatable bonds is 2. The lowest BCUT2D eigenvalue weighted by Crippen LogP contribution is -2.54. The van der Waals surface area contributed by atoms with Crippen LogP contribution in [0, 0.1) is 0 Å². The van der Waals surface area contributed by atoms with Gasteiger partial charge in [-0.2, -0.15) is 0 Å². The number of hydrogen-bond donors (Lipinski definition) is 2. The number of nitrogens with one attached hydrogen (secondary N) is 2. The Balaban J connectivity index is 2.25. The Bertz CT molecular complexity index is 213. The van der Waals surface area contributed by atoms with Gasteiger partial charge in [0.05, 0.1) is 6.04 Å². The van der Waals surface area contributed by atoms with Crippen LogP contribution in [-0.4, -0.2) is 35.8 Å². The maximum Gasteiger partial charge on any atom is 0.255 e. The number of likely N-dealkylation sites (tertiary alicyclic amines) is 1. The molecular formula is C8H15N3O2. The zero-order chi connectivity index (χ0) is 9.84. The standard InChI is InChI=1S/C8H15N3O2/c1-6(11-4-3-5-11)8(13)10-9-7(2)12/h6H,3-5H2,1-2H3,(H,9,12)(H,10,13). The first-order valence-electron chi connectivity index (χ1n) is 4.41. The Kier molecular flexibility index (Phi) is 3.25. The molecule has 74 valence electrons. The van der Waals surface area contributed by atoms with Gasteiger partial charge in [-0.3, -0.25) is 25.3 Å². The number of amides is 2. The molecular weight excluding hydrogens is 170 g/mol. The average molecular weight is 185 g/mol. The van der Waals surface area contributed by atoms with E-state index in [1.165, 1.54) is 6.92 Å². The molecule has 1 heterocycles. The predicted molar refractivity (Wildman–Crippen MR) is 47.6 cm³/mol. The molecule has 5 heteroatoms. The van der Waals surface area contributed by atoms with Gasteiger partial charge in [-0.05, 0) is 13.3 Å². The lowest BCUT2D eigenvalue weighted by molar-refractivity contribution is -0.132. The maximum absolute atomic E-state index is 11.3. The first-order valence-corrected chi connectivity index (χ1v) is 4.41. The van der Waals surface area contributed by atoms with E-state index in [0.717, 1.165) is 19.5 Å². The Hall–Kier alpha value is -1.10. The van der Waals surface area contributed by atoms with Crippen LogP contribution in [0.5, 0.6) is 0 Å². The maximum atomic E-state index is 11.3. The molecule has 2 N–H and O–H groups in total. The minimum Gasteiger partial charge on any atom is -0.292 e. The van der Waals surface area contributed by atoms with E-state index in [2.05, 4.69) is 15.8 Å². The minimum absolute atomic E-state index is 0.152. The Morgan fingerprint density at radius 1 is 1.31 bits per heavy atom. The largest absolute Gasteiger partial charge is 0.292 e. The summed E-state index contributed by atoms with van der Waals surface area (Å²) < 4.78 is 0. The highest BCUT2D eigenvalue weighted by Crippen LogP contribution is 2.10. The summed E-state index contributed by atoms with van der Waals surface area (Å²) in [6.07, 6.45) is 1.15. The molecule has 1 aliphatic heterocycles. The lowest BCUT2D eigenvalue weighted by Gasteiger charge is -2.35. The van der Waals surface area contributed by atoms with Crippen molar-refractivity contribution < 1.29 is 9.59 Å². The second-order valence-electron chi connectivity index (χ2n) is 3.24. The van der Waals surface area contributed by atoms with Crippen molar-refractivity contribution in [3.8, 4) is 0 Å². The molecule has 1 rings (SSSR count). The highest BCUT2D eigenvalue weighted by molar-refractivity contribution is 5.84. The van der Waals surface area contributed by atoms with Crippen LogP contribution < -0.4 is 10.9 Å². The zero-order valence-corrected chi connectivity index (χ0v) is 7.96. The molecule has 1 fully saturated rings. The second kappa shape index (κ2) is 4.23. The van der Waals surface area contributed by atoms with E-state index < -0.39 is 0 Å². The molecule has 0 aliphatic carbocycles. The Morgan fingerprint density at radius 2 is 1.92 bits per heavy atom. The van der Waals surface area contributed by atoms with Gasteiger partial charge in [0.2, 0.25) is 5.91 Å². The highest BCUT2D eigenvalue weighted by atomic mass is 16.2. The second-order valence-corrected chi connectivity index (χ2v) is 3.24. The molecule has 0 aromatic carbocycles. The van der Waals surface area contributed by atoms with Crippen LogP contribution in [-0.2, 0) is 9.59 Å². The number of hydrogen-bond acceptors (Lipinski definition) is 3. The van der Waals surface area contributed by atoms with Gasteiger partial charge in [0.1, 0.15) is 0 Å². The van der Waals surface area contributed by atoms with Crippen molar-refractivity contribution in [3.05, 3.63) is 0 Å². The SMILES string of the molecule is CC(=O)NNC(=O)C(C)N1CCC1. The van der Waals surface area contributed by atoms with Gasteiger partial charge in [-0.25, -0.2) is 0 Å². The Labute approximate surface area is 77.4 Å². The molecule has 0 spiro atoms. The van der Waals surface area contributed by atoms with Crippen molar-refractivity contribution in [2.75, 3.05) is 13.1 Å². The van der Waals surface area contributed by atoms with Crippen LogP contribution in [0.15, 0.2) is 0 Å². The lowest BCUT2D eigenvalue weighted by atomic mass is 10.1. The van der Waals surface area contributed by atoms with E-state index in [4.69, 9.17) is 0 Å². The van der Waals surface area contributed by atoms with Crippen LogP contribution in [0.3, 0.4) is 0 Å². The van der Waals surface area contributed by atoms with E-state index in [0.29, 0.717) is 0 Å². The normalized spacial score (nSPS) is 18.6. The quantitative estimate of drug-likeness (QED) is 0.556. The third kappa shape index (κ3) is 2.69. The summed E-state index contributed by atoms with van der Waals surface area (Å²) in [4.78, 5) is 23.9. The first kappa shape index (κ1) is 9.98. The smallest absolute Gasteiger partial charge is 0.255 e. The topological polar surface area (TPSA) is 61.4 Å².